The molecule has 1 aromatic rings. The van der Waals surface area contributed by atoms with E-state index in [2.05, 4.69) is 17.1 Å². The normalized spacial score (nSPS) is 27.4. The van der Waals surface area contributed by atoms with Gasteiger partial charge in [0.05, 0.1) is 24.9 Å². The highest BCUT2D eigenvalue weighted by Gasteiger charge is 2.36. The molecule has 2 fully saturated rings. The smallest absolute Gasteiger partial charge is 0.259 e. The molecule has 6 heteroatoms. The van der Waals surface area contributed by atoms with E-state index in [1.807, 2.05) is 11.8 Å². The van der Waals surface area contributed by atoms with Crippen molar-refractivity contribution < 1.29 is 14.1 Å². The maximum atomic E-state index is 12.9. The third-order valence-corrected chi connectivity index (χ3v) is 4.16. The zero-order chi connectivity index (χ0) is 14.3. The van der Waals surface area contributed by atoms with E-state index in [9.17, 15) is 4.79 Å². The fourth-order valence-electron chi connectivity index (χ4n) is 3.26. The number of carbonyl (C=O) groups is 1. The molecule has 1 aromatic heterocycles. The van der Waals surface area contributed by atoms with E-state index in [1.165, 1.54) is 0 Å². The Morgan fingerprint density at radius 2 is 2.05 bits per heavy atom. The molecule has 2 saturated heterocycles. The fraction of sp³-hybridized carbons (Fsp3) is 0.714. The summed E-state index contributed by atoms with van der Waals surface area (Å²) in [5.41, 5.74) is 1.28. The average molecular weight is 279 g/mol. The van der Waals surface area contributed by atoms with Gasteiger partial charge >= 0.3 is 0 Å². The van der Waals surface area contributed by atoms with Gasteiger partial charge in [0.25, 0.3) is 5.91 Å². The van der Waals surface area contributed by atoms with Crippen LogP contribution in [0.25, 0.3) is 0 Å². The molecule has 6 nitrogen and oxygen atoms in total. The number of ether oxygens (including phenoxy) is 1. The summed E-state index contributed by atoms with van der Waals surface area (Å²) >= 11 is 0. The molecule has 2 atom stereocenters. The van der Waals surface area contributed by atoms with E-state index in [1.54, 1.807) is 6.92 Å². The van der Waals surface area contributed by atoms with Crippen molar-refractivity contribution in [2.45, 2.75) is 19.9 Å². The molecular weight excluding hydrogens is 258 g/mol. The van der Waals surface area contributed by atoms with Crippen LogP contribution >= 0.6 is 0 Å². The first-order chi connectivity index (χ1) is 9.56. The summed E-state index contributed by atoms with van der Waals surface area (Å²) in [5, 5.41) is 3.89. The number of aryl methyl sites for hydroxylation is 2. The third kappa shape index (κ3) is 2.33. The molecule has 0 unspecified atom stereocenters. The predicted molar refractivity (Wildman–Crippen MR) is 72.6 cm³/mol. The number of nitrogens with zero attached hydrogens (tertiary/aromatic N) is 3. The van der Waals surface area contributed by atoms with Crippen LogP contribution in [0.15, 0.2) is 4.52 Å². The van der Waals surface area contributed by atoms with E-state index in [0.717, 1.165) is 26.2 Å². The number of amides is 1. The minimum atomic E-state index is 0.0250. The van der Waals surface area contributed by atoms with Crippen LogP contribution in [0.5, 0.6) is 0 Å². The van der Waals surface area contributed by atoms with Crippen molar-refractivity contribution in [3.8, 4) is 0 Å². The number of hydrogen-bond acceptors (Lipinski definition) is 5. The quantitative estimate of drug-likeness (QED) is 0.757. The summed E-state index contributed by atoms with van der Waals surface area (Å²) in [6, 6.07) is 0.105. The van der Waals surface area contributed by atoms with Crippen molar-refractivity contribution in [2.24, 2.45) is 5.92 Å². The number of likely N-dealkylation sites (N-methyl/N-ethyl adjacent to an activating group) is 1. The second kappa shape index (κ2) is 5.18. The van der Waals surface area contributed by atoms with Gasteiger partial charge < -0.3 is 19.1 Å². The molecule has 110 valence electrons. The lowest BCUT2D eigenvalue weighted by molar-refractivity contribution is 0.0482. The standard InChI is InChI=1S/C14H21N3O3/c1-9-13(10(2)20-15-9)14(18)17-5-11-4-16(3)6-12(17)8-19-7-11/h11-12H,4-8H2,1-3H3/t11-,12-/m0/s1. The topological polar surface area (TPSA) is 58.8 Å². The lowest BCUT2D eigenvalue weighted by atomic mass is 10.1. The molecule has 2 aliphatic rings. The Kier molecular flexibility index (Phi) is 3.52. The van der Waals surface area contributed by atoms with Gasteiger partial charge in [-0.05, 0) is 20.9 Å². The van der Waals surface area contributed by atoms with Gasteiger partial charge in [0, 0.05) is 25.6 Å². The number of rotatable bonds is 1. The molecule has 1 amide bonds. The summed E-state index contributed by atoms with van der Waals surface area (Å²) in [6.45, 7) is 7.52. The summed E-state index contributed by atoms with van der Waals surface area (Å²) in [5.74, 6) is 0.995. The number of carbonyl (C=O) groups excluding carboxylic acids is 1. The second-order valence-electron chi connectivity index (χ2n) is 5.94. The van der Waals surface area contributed by atoms with Crippen molar-refractivity contribution >= 4 is 5.91 Å². The molecule has 2 aliphatic heterocycles. The molecular formula is C14H21N3O3. The molecule has 0 aromatic carbocycles. The van der Waals surface area contributed by atoms with Gasteiger partial charge in [-0.15, -0.1) is 0 Å². The molecule has 0 N–H and O–H groups in total. The number of hydrogen-bond donors (Lipinski definition) is 0. The highest BCUT2D eigenvalue weighted by molar-refractivity contribution is 5.96. The van der Waals surface area contributed by atoms with E-state index in [4.69, 9.17) is 9.26 Å². The van der Waals surface area contributed by atoms with Gasteiger partial charge in [-0.3, -0.25) is 4.79 Å². The molecule has 3 heterocycles. The molecule has 2 bridgehead atoms. The minimum Gasteiger partial charge on any atom is -0.379 e. The van der Waals surface area contributed by atoms with Crippen LogP contribution < -0.4 is 0 Å². The van der Waals surface area contributed by atoms with Gasteiger partial charge in [0.1, 0.15) is 11.3 Å². The fourth-order valence-corrected chi connectivity index (χ4v) is 3.26. The van der Waals surface area contributed by atoms with E-state index in [-0.39, 0.29) is 11.9 Å². The van der Waals surface area contributed by atoms with Crippen molar-refractivity contribution in [3.05, 3.63) is 17.0 Å². The summed E-state index contributed by atoms with van der Waals surface area (Å²) < 4.78 is 10.8. The van der Waals surface area contributed by atoms with Crippen molar-refractivity contribution in [1.29, 1.82) is 0 Å². The zero-order valence-corrected chi connectivity index (χ0v) is 12.3. The zero-order valence-electron chi connectivity index (χ0n) is 12.3. The van der Waals surface area contributed by atoms with E-state index >= 15 is 0 Å². The first kappa shape index (κ1) is 13.6. The first-order valence-electron chi connectivity index (χ1n) is 7.06. The molecule has 3 rings (SSSR count). The molecule has 0 radical (unpaired) electrons. The SMILES string of the molecule is Cc1noc(C)c1C(=O)N1C[C@H]2COC[C@@H]1CN(C)C2. The second-order valence-corrected chi connectivity index (χ2v) is 5.94. The Morgan fingerprint density at radius 3 is 2.75 bits per heavy atom. The molecule has 0 saturated carbocycles. The van der Waals surface area contributed by atoms with Crippen molar-refractivity contribution in [3.63, 3.8) is 0 Å². The van der Waals surface area contributed by atoms with Crippen LogP contribution in [0.1, 0.15) is 21.8 Å². The predicted octanol–water partition coefficient (Wildman–Crippen LogP) is 0.694. The van der Waals surface area contributed by atoms with Crippen LogP contribution in [-0.4, -0.2) is 66.8 Å². The molecule has 20 heavy (non-hydrogen) atoms. The summed E-state index contributed by atoms with van der Waals surface area (Å²) in [4.78, 5) is 17.1. The first-order valence-corrected chi connectivity index (χ1v) is 7.06. The molecule has 0 aliphatic carbocycles. The highest BCUT2D eigenvalue weighted by Crippen LogP contribution is 2.23. The van der Waals surface area contributed by atoms with Crippen LogP contribution in [0.4, 0.5) is 0 Å². The average Bonchev–Trinajstić information content (AvgIpc) is 2.56. The van der Waals surface area contributed by atoms with Gasteiger partial charge in [0.15, 0.2) is 0 Å². The Hall–Kier alpha value is -1.40. The number of fused-ring (bicyclic) bond motifs is 3. The lowest BCUT2D eigenvalue weighted by Gasteiger charge is -2.29. The number of aromatic nitrogens is 1. The summed E-state index contributed by atoms with van der Waals surface area (Å²) in [6.07, 6.45) is 0. The van der Waals surface area contributed by atoms with Gasteiger partial charge in [-0.25, -0.2) is 0 Å². The highest BCUT2D eigenvalue weighted by atomic mass is 16.5. The van der Waals surface area contributed by atoms with Gasteiger partial charge in [-0.2, -0.15) is 0 Å². The monoisotopic (exact) mass is 279 g/mol. The van der Waals surface area contributed by atoms with Gasteiger partial charge in [-0.1, -0.05) is 5.16 Å². The van der Waals surface area contributed by atoms with Gasteiger partial charge in [0.2, 0.25) is 0 Å². The Bertz CT molecular complexity index is 494. The van der Waals surface area contributed by atoms with Crippen LogP contribution in [0.3, 0.4) is 0 Å². The maximum Gasteiger partial charge on any atom is 0.259 e. The largest absolute Gasteiger partial charge is 0.379 e. The van der Waals surface area contributed by atoms with Crippen molar-refractivity contribution in [2.75, 3.05) is 39.9 Å². The Labute approximate surface area is 118 Å². The van der Waals surface area contributed by atoms with Crippen molar-refractivity contribution in [1.82, 2.24) is 15.0 Å². The maximum absolute atomic E-state index is 12.9. The van der Waals surface area contributed by atoms with Crippen LogP contribution in [-0.2, 0) is 4.74 Å². The van der Waals surface area contributed by atoms with E-state index in [0.29, 0.717) is 29.5 Å². The lowest BCUT2D eigenvalue weighted by Crippen LogP contribution is -2.46. The van der Waals surface area contributed by atoms with Crippen LogP contribution in [0.2, 0.25) is 0 Å². The Morgan fingerprint density at radius 1 is 1.25 bits per heavy atom. The van der Waals surface area contributed by atoms with E-state index < -0.39 is 0 Å². The summed E-state index contributed by atoms with van der Waals surface area (Å²) in [7, 11) is 2.11. The van der Waals surface area contributed by atoms with Crippen LogP contribution in [0, 0.1) is 19.8 Å². The minimum absolute atomic E-state index is 0.0250. The molecule has 0 spiro atoms. The Balaban J connectivity index is 1.91. The third-order valence-electron chi connectivity index (χ3n) is 4.16.